The van der Waals surface area contributed by atoms with Crippen molar-refractivity contribution in [1.29, 1.82) is 0 Å². The Balaban J connectivity index is 1.82. The van der Waals surface area contributed by atoms with Gasteiger partial charge in [0.25, 0.3) is 11.5 Å². The number of carbonyl (C=O) groups is 1. The summed E-state index contributed by atoms with van der Waals surface area (Å²) < 4.78 is 0. The fourth-order valence-electron chi connectivity index (χ4n) is 3.13. The Hall–Kier alpha value is -4.00. The number of rotatable bonds is 4. The van der Waals surface area contributed by atoms with Gasteiger partial charge in [-0.05, 0) is 60.3 Å². The van der Waals surface area contributed by atoms with E-state index in [9.17, 15) is 9.59 Å². The third-order valence-electron chi connectivity index (χ3n) is 4.56. The van der Waals surface area contributed by atoms with E-state index in [2.05, 4.69) is 20.6 Å². The van der Waals surface area contributed by atoms with Gasteiger partial charge < -0.3 is 15.6 Å². The Morgan fingerprint density at radius 3 is 2.59 bits per heavy atom. The molecule has 0 bridgehead atoms. The van der Waals surface area contributed by atoms with Gasteiger partial charge in [-0.1, -0.05) is 0 Å². The van der Waals surface area contributed by atoms with Crippen LogP contribution in [0.2, 0.25) is 0 Å². The number of amides is 1. The van der Waals surface area contributed by atoms with E-state index in [1.54, 1.807) is 49.9 Å². The molecule has 1 aromatic carbocycles. The van der Waals surface area contributed by atoms with Crippen LogP contribution in [0, 0.1) is 6.92 Å². The summed E-state index contributed by atoms with van der Waals surface area (Å²) in [5.74, 6) is 0.277. The number of H-pyrrole nitrogens is 1. The number of hydrogen-bond acceptors (Lipinski definition) is 5. The number of anilines is 2. The molecule has 0 saturated carbocycles. The molecular weight excluding hydrogens is 366 g/mol. The molecule has 0 aliphatic carbocycles. The van der Waals surface area contributed by atoms with Crippen LogP contribution in [0.5, 0.6) is 0 Å². The predicted octanol–water partition coefficient (Wildman–Crippen LogP) is 3.40. The van der Waals surface area contributed by atoms with Crippen LogP contribution >= 0.6 is 0 Å². The van der Waals surface area contributed by atoms with Gasteiger partial charge in [-0.2, -0.15) is 0 Å². The molecule has 4 aromatic rings. The molecule has 29 heavy (non-hydrogen) atoms. The monoisotopic (exact) mass is 385 g/mol. The summed E-state index contributed by atoms with van der Waals surface area (Å²) in [7, 11) is 1.59. The second-order valence-corrected chi connectivity index (χ2v) is 6.66. The molecule has 7 heteroatoms. The van der Waals surface area contributed by atoms with Crippen molar-refractivity contribution >= 4 is 28.2 Å². The first-order valence-electron chi connectivity index (χ1n) is 9.09. The number of fused-ring (bicyclic) bond motifs is 1. The number of aryl methyl sites for hydroxylation is 1. The van der Waals surface area contributed by atoms with Gasteiger partial charge in [0, 0.05) is 42.5 Å². The molecule has 144 valence electrons. The Labute approximate surface area is 166 Å². The van der Waals surface area contributed by atoms with Gasteiger partial charge in [0.15, 0.2) is 0 Å². The molecule has 0 fully saturated rings. The first-order chi connectivity index (χ1) is 14.0. The van der Waals surface area contributed by atoms with Crippen molar-refractivity contribution in [2.45, 2.75) is 6.92 Å². The minimum Gasteiger partial charge on any atom is -0.355 e. The highest BCUT2D eigenvalue weighted by molar-refractivity contribution is 5.96. The van der Waals surface area contributed by atoms with Gasteiger partial charge in [-0.15, -0.1) is 0 Å². The summed E-state index contributed by atoms with van der Waals surface area (Å²) in [5, 5.41) is 7.04. The lowest BCUT2D eigenvalue weighted by Gasteiger charge is -2.12. The van der Waals surface area contributed by atoms with Crippen molar-refractivity contribution in [3.05, 3.63) is 82.5 Å². The van der Waals surface area contributed by atoms with Crippen molar-refractivity contribution in [3.8, 4) is 11.3 Å². The summed E-state index contributed by atoms with van der Waals surface area (Å²) in [4.78, 5) is 35.8. The number of benzene rings is 1. The first kappa shape index (κ1) is 18.4. The maximum atomic E-state index is 12.5. The van der Waals surface area contributed by atoms with E-state index in [4.69, 9.17) is 4.98 Å². The quantitative estimate of drug-likeness (QED) is 0.500. The maximum absolute atomic E-state index is 12.5. The van der Waals surface area contributed by atoms with Gasteiger partial charge in [0.05, 0.1) is 11.1 Å². The van der Waals surface area contributed by atoms with E-state index in [1.165, 1.54) is 0 Å². The standard InChI is InChI=1S/C22H19N5O2/c1-13-9-16(12-24-11-13)18-10-15-7-8-25-22(29)19(15)20(27-18)26-17-5-3-14(4-6-17)21(28)23-2/h3-12H,1-2H3,(H,23,28)(H,25,29)(H,26,27). The summed E-state index contributed by atoms with van der Waals surface area (Å²) >= 11 is 0. The van der Waals surface area contributed by atoms with E-state index in [-0.39, 0.29) is 11.5 Å². The summed E-state index contributed by atoms with van der Waals surface area (Å²) in [6, 6.07) is 12.7. The number of nitrogens with one attached hydrogen (secondary N) is 3. The average Bonchev–Trinajstić information content (AvgIpc) is 2.73. The Morgan fingerprint density at radius 2 is 1.86 bits per heavy atom. The van der Waals surface area contributed by atoms with Gasteiger partial charge in [-0.3, -0.25) is 14.6 Å². The number of nitrogens with zero attached hydrogens (tertiary/aromatic N) is 2. The Bertz CT molecular complexity index is 1260. The van der Waals surface area contributed by atoms with E-state index in [1.807, 2.05) is 25.1 Å². The molecule has 1 amide bonds. The zero-order chi connectivity index (χ0) is 20.4. The second kappa shape index (κ2) is 7.55. The highest BCUT2D eigenvalue weighted by Gasteiger charge is 2.12. The van der Waals surface area contributed by atoms with Crippen molar-refractivity contribution in [3.63, 3.8) is 0 Å². The molecule has 7 nitrogen and oxygen atoms in total. The smallest absolute Gasteiger partial charge is 0.259 e. The van der Waals surface area contributed by atoms with Crippen LogP contribution in [0.4, 0.5) is 11.5 Å². The molecule has 0 aliphatic rings. The average molecular weight is 385 g/mol. The maximum Gasteiger partial charge on any atom is 0.259 e. The number of pyridine rings is 3. The third kappa shape index (κ3) is 3.70. The molecule has 0 atom stereocenters. The normalized spacial score (nSPS) is 10.7. The van der Waals surface area contributed by atoms with Crippen molar-refractivity contribution in [2.24, 2.45) is 0 Å². The fraction of sp³-hybridized carbons (Fsp3) is 0.0909. The van der Waals surface area contributed by atoms with Crippen molar-refractivity contribution in [2.75, 3.05) is 12.4 Å². The van der Waals surface area contributed by atoms with Crippen LogP contribution in [-0.2, 0) is 0 Å². The Kier molecular flexibility index (Phi) is 4.78. The molecule has 3 heterocycles. The molecule has 0 unspecified atom stereocenters. The molecule has 0 radical (unpaired) electrons. The van der Waals surface area contributed by atoms with Crippen molar-refractivity contribution < 1.29 is 4.79 Å². The van der Waals surface area contributed by atoms with E-state index >= 15 is 0 Å². The molecule has 4 rings (SSSR count). The predicted molar refractivity (Wildman–Crippen MR) is 113 cm³/mol. The molecule has 3 aromatic heterocycles. The summed E-state index contributed by atoms with van der Waals surface area (Å²) in [6.07, 6.45) is 5.14. The lowest BCUT2D eigenvalue weighted by molar-refractivity contribution is 0.0963. The van der Waals surface area contributed by atoms with Crippen LogP contribution < -0.4 is 16.2 Å². The summed E-state index contributed by atoms with van der Waals surface area (Å²) in [5.41, 5.74) is 3.64. The van der Waals surface area contributed by atoms with Crippen molar-refractivity contribution in [1.82, 2.24) is 20.3 Å². The minimum atomic E-state index is -0.228. The molecule has 0 aliphatic heterocycles. The van der Waals surface area contributed by atoms with Crippen LogP contribution in [0.15, 0.2) is 65.8 Å². The summed E-state index contributed by atoms with van der Waals surface area (Å²) in [6.45, 7) is 1.97. The van der Waals surface area contributed by atoms with Gasteiger partial charge >= 0.3 is 0 Å². The number of aromatic amines is 1. The molecule has 0 spiro atoms. The number of aromatic nitrogens is 3. The SMILES string of the molecule is CNC(=O)c1ccc(Nc2nc(-c3cncc(C)c3)cc3cc[nH]c(=O)c23)cc1. The van der Waals surface area contributed by atoms with Crippen LogP contribution in [-0.4, -0.2) is 27.9 Å². The largest absolute Gasteiger partial charge is 0.355 e. The fourth-order valence-corrected chi connectivity index (χ4v) is 3.13. The topological polar surface area (TPSA) is 99.8 Å². The lowest BCUT2D eigenvalue weighted by Crippen LogP contribution is -2.17. The third-order valence-corrected chi connectivity index (χ3v) is 4.56. The van der Waals surface area contributed by atoms with E-state index in [0.717, 1.165) is 16.5 Å². The highest BCUT2D eigenvalue weighted by Crippen LogP contribution is 2.27. The van der Waals surface area contributed by atoms with Gasteiger partial charge in [0.2, 0.25) is 0 Å². The lowest BCUT2D eigenvalue weighted by atomic mass is 10.1. The van der Waals surface area contributed by atoms with Crippen LogP contribution in [0.1, 0.15) is 15.9 Å². The molecule has 0 saturated heterocycles. The zero-order valence-corrected chi connectivity index (χ0v) is 16.0. The van der Waals surface area contributed by atoms with E-state index < -0.39 is 0 Å². The van der Waals surface area contributed by atoms with Crippen LogP contribution in [0.25, 0.3) is 22.0 Å². The highest BCUT2D eigenvalue weighted by atomic mass is 16.1. The molecular formula is C22H19N5O2. The van der Waals surface area contributed by atoms with Gasteiger partial charge in [-0.25, -0.2) is 4.98 Å². The van der Waals surface area contributed by atoms with E-state index in [0.29, 0.717) is 28.1 Å². The number of carbonyl (C=O) groups excluding carboxylic acids is 1. The number of hydrogen-bond donors (Lipinski definition) is 3. The second-order valence-electron chi connectivity index (χ2n) is 6.66. The van der Waals surface area contributed by atoms with Crippen LogP contribution in [0.3, 0.4) is 0 Å². The molecule has 3 N–H and O–H groups in total. The Morgan fingerprint density at radius 1 is 1.07 bits per heavy atom. The zero-order valence-electron chi connectivity index (χ0n) is 16.0. The van der Waals surface area contributed by atoms with Gasteiger partial charge in [0.1, 0.15) is 5.82 Å². The first-order valence-corrected chi connectivity index (χ1v) is 9.09. The minimum absolute atomic E-state index is 0.162.